The summed E-state index contributed by atoms with van der Waals surface area (Å²) in [4.78, 5) is 17.3. The third-order valence-corrected chi connectivity index (χ3v) is 6.18. The Morgan fingerprint density at radius 3 is 2.83 bits per heavy atom. The Labute approximate surface area is 176 Å². The molecule has 0 aliphatic heterocycles. The van der Waals surface area contributed by atoms with E-state index in [0.29, 0.717) is 32.3 Å². The Bertz CT molecular complexity index is 1040. The zero-order chi connectivity index (χ0) is 20.9. The summed E-state index contributed by atoms with van der Waals surface area (Å²) in [7, 11) is 1.68. The van der Waals surface area contributed by atoms with Crippen molar-refractivity contribution in [2.45, 2.75) is 64.7 Å². The molecular formula is C22H31N6O2+. The number of aromatic amines is 1. The van der Waals surface area contributed by atoms with E-state index in [1.54, 1.807) is 7.11 Å². The Kier molecular flexibility index (Phi) is 6.54. The molecule has 8 heteroatoms. The molecule has 1 saturated carbocycles. The number of ether oxygens (including phenoxy) is 1. The summed E-state index contributed by atoms with van der Waals surface area (Å²) in [5.74, 6) is 0.848. The van der Waals surface area contributed by atoms with Gasteiger partial charge in [-0.1, -0.05) is 18.6 Å². The molecule has 8 nitrogen and oxygen atoms in total. The van der Waals surface area contributed by atoms with Gasteiger partial charge in [-0.05, 0) is 66.1 Å². The molecule has 0 saturated heterocycles. The minimum Gasteiger partial charge on any atom is -0.383 e. The molecule has 2 N–H and O–H groups in total. The predicted molar refractivity (Wildman–Crippen MR) is 114 cm³/mol. The second-order valence-corrected chi connectivity index (χ2v) is 8.37. The van der Waals surface area contributed by atoms with E-state index in [1.807, 2.05) is 23.7 Å². The highest BCUT2D eigenvalue weighted by Crippen LogP contribution is 2.17. The number of aromatic nitrogens is 5. The molecule has 3 aromatic rings. The van der Waals surface area contributed by atoms with Gasteiger partial charge in [0.1, 0.15) is 13.1 Å². The molecule has 0 amide bonds. The fourth-order valence-electron chi connectivity index (χ4n) is 4.50. The van der Waals surface area contributed by atoms with E-state index in [9.17, 15) is 4.79 Å². The van der Waals surface area contributed by atoms with Gasteiger partial charge >= 0.3 is 0 Å². The summed E-state index contributed by atoms with van der Waals surface area (Å²) in [5, 5.41) is 13.3. The SMILES string of the molecule is COCCn1nnnc1C[NH+](Cc1cc2ccc(C)cc2[nH]c1=O)C1CCCCC1. The van der Waals surface area contributed by atoms with Crippen molar-refractivity contribution in [2.75, 3.05) is 13.7 Å². The lowest BCUT2D eigenvalue weighted by atomic mass is 9.93. The number of aryl methyl sites for hydroxylation is 1. The monoisotopic (exact) mass is 411 g/mol. The van der Waals surface area contributed by atoms with E-state index >= 15 is 0 Å². The smallest absolute Gasteiger partial charge is 0.257 e. The lowest BCUT2D eigenvalue weighted by Gasteiger charge is -2.31. The largest absolute Gasteiger partial charge is 0.383 e. The van der Waals surface area contributed by atoms with Crippen LogP contribution in [0.5, 0.6) is 0 Å². The number of H-pyrrole nitrogens is 1. The minimum absolute atomic E-state index is 0.000356. The second kappa shape index (κ2) is 9.49. The van der Waals surface area contributed by atoms with Gasteiger partial charge in [-0.3, -0.25) is 4.79 Å². The third-order valence-electron chi connectivity index (χ3n) is 6.18. The minimum atomic E-state index is 0.000356. The zero-order valence-electron chi connectivity index (χ0n) is 17.9. The molecule has 2 aromatic heterocycles. The highest BCUT2D eigenvalue weighted by molar-refractivity contribution is 5.79. The van der Waals surface area contributed by atoms with Crippen LogP contribution in [-0.4, -0.2) is 44.9 Å². The van der Waals surface area contributed by atoms with Crippen LogP contribution in [0, 0.1) is 6.92 Å². The highest BCUT2D eigenvalue weighted by Gasteiger charge is 2.28. The second-order valence-electron chi connectivity index (χ2n) is 8.37. The van der Waals surface area contributed by atoms with E-state index in [-0.39, 0.29) is 5.56 Å². The first-order chi connectivity index (χ1) is 14.6. The van der Waals surface area contributed by atoms with E-state index in [1.165, 1.54) is 37.0 Å². The van der Waals surface area contributed by atoms with Crippen LogP contribution in [0.2, 0.25) is 0 Å². The van der Waals surface area contributed by atoms with E-state index in [4.69, 9.17) is 4.74 Å². The normalized spacial score (nSPS) is 16.2. The van der Waals surface area contributed by atoms with E-state index < -0.39 is 0 Å². The van der Waals surface area contributed by atoms with Gasteiger partial charge in [0.25, 0.3) is 5.56 Å². The topological polar surface area (TPSA) is 90.1 Å². The van der Waals surface area contributed by atoms with Crippen LogP contribution in [0.15, 0.2) is 29.1 Å². The molecule has 30 heavy (non-hydrogen) atoms. The summed E-state index contributed by atoms with van der Waals surface area (Å²) in [5.41, 5.74) is 2.86. The summed E-state index contributed by atoms with van der Waals surface area (Å²) < 4.78 is 7.00. The molecule has 1 aromatic carbocycles. The van der Waals surface area contributed by atoms with Crippen molar-refractivity contribution in [1.29, 1.82) is 0 Å². The van der Waals surface area contributed by atoms with Crippen LogP contribution in [0.3, 0.4) is 0 Å². The van der Waals surface area contributed by atoms with Gasteiger partial charge in [-0.25, -0.2) is 4.68 Å². The van der Waals surface area contributed by atoms with Crippen LogP contribution in [0.4, 0.5) is 0 Å². The first-order valence-electron chi connectivity index (χ1n) is 10.8. The Morgan fingerprint density at radius 2 is 2.03 bits per heavy atom. The first kappa shape index (κ1) is 20.7. The molecule has 0 bridgehead atoms. The summed E-state index contributed by atoms with van der Waals surface area (Å²) in [6.45, 7) is 4.61. The number of benzene rings is 1. The Hall–Kier alpha value is -2.58. The van der Waals surface area contributed by atoms with Gasteiger partial charge in [-0.2, -0.15) is 0 Å². The number of pyridine rings is 1. The summed E-state index contributed by atoms with van der Waals surface area (Å²) >= 11 is 0. The van der Waals surface area contributed by atoms with Gasteiger partial charge in [0.2, 0.25) is 5.82 Å². The number of hydrogen-bond donors (Lipinski definition) is 2. The maximum absolute atomic E-state index is 12.8. The van der Waals surface area contributed by atoms with Gasteiger partial charge < -0.3 is 14.6 Å². The number of rotatable bonds is 8. The predicted octanol–water partition coefficient (Wildman–Crippen LogP) is 1.39. The molecule has 1 unspecified atom stereocenters. The molecule has 160 valence electrons. The molecule has 0 radical (unpaired) electrons. The van der Waals surface area contributed by atoms with Gasteiger partial charge in [0, 0.05) is 12.6 Å². The maximum Gasteiger partial charge on any atom is 0.257 e. The molecule has 1 fully saturated rings. The first-order valence-corrected chi connectivity index (χ1v) is 10.8. The van der Waals surface area contributed by atoms with Crippen LogP contribution in [0.1, 0.15) is 49.1 Å². The Balaban J connectivity index is 1.61. The summed E-state index contributed by atoms with van der Waals surface area (Å²) in [6.07, 6.45) is 6.15. The average molecular weight is 412 g/mol. The van der Waals surface area contributed by atoms with Crippen LogP contribution in [-0.2, 0) is 24.4 Å². The van der Waals surface area contributed by atoms with Crippen molar-refractivity contribution in [3.63, 3.8) is 0 Å². The zero-order valence-corrected chi connectivity index (χ0v) is 17.9. The summed E-state index contributed by atoms with van der Waals surface area (Å²) in [6, 6.07) is 8.75. The van der Waals surface area contributed by atoms with Crippen LogP contribution in [0.25, 0.3) is 10.9 Å². The molecule has 1 aliphatic rings. The lowest BCUT2D eigenvalue weighted by Crippen LogP contribution is -3.13. The number of nitrogens with zero attached hydrogens (tertiary/aromatic N) is 4. The van der Waals surface area contributed by atoms with Crippen molar-refractivity contribution in [1.82, 2.24) is 25.2 Å². The quantitative estimate of drug-likeness (QED) is 0.585. The van der Waals surface area contributed by atoms with Crippen LogP contribution < -0.4 is 10.5 Å². The lowest BCUT2D eigenvalue weighted by molar-refractivity contribution is -0.954. The number of fused-ring (bicyclic) bond motifs is 1. The fraction of sp³-hybridized carbons (Fsp3) is 0.545. The van der Waals surface area contributed by atoms with E-state index in [0.717, 1.165) is 27.9 Å². The highest BCUT2D eigenvalue weighted by atomic mass is 16.5. The number of nitrogens with one attached hydrogen (secondary N) is 2. The number of hydrogen-bond acceptors (Lipinski definition) is 5. The van der Waals surface area contributed by atoms with Crippen molar-refractivity contribution >= 4 is 10.9 Å². The van der Waals surface area contributed by atoms with Crippen molar-refractivity contribution < 1.29 is 9.64 Å². The standard InChI is InChI=1S/C22H30N6O2/c1-16-8-9-17-13-18(22(29)23-20(17)12-16)14-27(19-6-4-3-5-7-19)15-21-24-25-26-28(21)10-11-30-2/h8-9,12-13,19H,3-7,10-11,14-15H2,1-2H3,(H,23,29)/p+1. The molecule has 1 aliphatic carbocycles. The van der Waals surface area contributed by atoms with Gasteiger partial charge in [0.05, 0.1) is 24.8 Å². The molecular weight excluding hydrogens is 380 g/mol. The van der Waals surface area contributed by atoms with Gasteiger partial charge in [-0.15, -0.1) is 5.10 Å². The number of quaternary nitrogens is 1. The van der Waals surface area contributed by atoms with Crippen molar-refractivity contribution in [3.8, 4) is 0 Å². The van der Waals surface area contributed by atoms with Gasteiger partial charge in [0.15, 0.2) is 0 Å². The van der Waals surface area contributed by atoms with E-state index in [2.05, 4.69) is 32.6 Å². The molecule has 1 atom stereocenters. The average Bonchev–Trinajstić information content (AvgIpc) is 3.20. The molecule has 4 rings (SSSR count). The van der Waals surface area contributed by atoms with Crippen LogP contribution >= 0.6 is 0 Å². The maximum atomic E-state index is 12.8. The molecule has 0 spiro atoms. The van der Waals surface area contributed by atoms with Crippen molar-refractivity contribution in [2.24, 2.45) is 0 Å². The number of methoxy groups -OCH3 is 1. The number of tetrazole rings is 1. The third kappa shape index (κ3) is 4.76. The Morgan fingerprint density at radius 1 is 1.20 bits per heavy atom. The fourth-order valence-corrected chi connectivity index (χ4v) is 4.50. The molecule has 2 heterocycles. The van der Waals surface area contributed by atoms with Crippen molar-refractivity contribution in [3.05, 3.63) is 51.6 Å².